The topological polar surface area (TPSA) is 58.4 Å². The van der Waals surface area contributed by atoms with E-state index in [1.54, 1.807) is 24.9 Å². The van der Waals surface area contributed by atoms with Gasteiger partial charge in [0, 0.05) is 38.4 Å². The first-order chi connectivity index (χ1) is 18.2. The van der Waals surface area contributed by atoms with Crippen molar-refractivity contribution < 1.29 is 18.7 Å². The molecule has 6 rings (SSSR count). The average Bonchev–Trinajstić information content (AvgIpc) is 3.39. The van der Waals surface area contributed by atoms with Gasteiger partial charge in [-0.2, -0.15) is 0 Å². The highest BCUT2D eigenvalue weighted by Gasteiger charge is 2.34. The van der Waals surface area contributed by atoms with Crippen molar-refractivity contribution in [2.24, 2.45) is 0 Å². The van der Waals surface area contributed by atoms with E-state index in [0.717, 1.165) is 75.7 Å². The van der Waals surface area contributed by atoms with E-state index in [4.69, 9.17) is 13.9 Å². The Kier molecular flexibility index (Phi) is 6.62. The number of carbonyl (C=O) groups is 1. The zero-order valence-corrected chi connectivity index (χ0v) is 21.3. The van der Waals surface area contributed by atoms with Gasteiger partial charge in [0.25, 0.3) is 5.91 Å². The van der Waals surface area contributed by atoms with Crippen LogP contribution in [-0.4, -0.2) is 54.5 Å². The fourth-order valence-electron chi connectivity index (χ4n) is 5.63. The second-order valence-corrected chi connectivity index (χ2v) is 10.0. The second-order valence-electron chi connectivity index (χ2n) is 10.0. The minimum atomic E-state index is 0.0195. The summed E-state index contributed by atoms with van der Waals surface area (Å²) in [5, 5.41) is 0. The molecule has 0 bridgehead atoms. The molecule has 1 aromatic carbocycles. The van der Waals surface area contributed by atoms with E-state index < -0.39 is 0 Å². The Hall–Kier alpha value is -3.71. The molecule has 1 atom stereocenters. The molecule has 0 N–H and O–H groups in total. The molecule has 1 fully saturated rings. The van der Waals surface area contributed by atoms with Crippen molar-refractivity contribution in [1.29, 1.82) is 0 Å². The van der Waals surface area contributed by atoms with Crippen LogP contribution in [0.25, 0.3) is 0 Å². The van der Waals surface area contributed by atoms with Gasteiger partial charge in [-0.15, -0.1) is 0 Å². The van der Waals surface area contributed by atoms with Crippen molar-refractivity contribution in [3.63, 3.8) is 0 Å². The minimum absolute atomic E-state index is 0.0195. The number of nitrogens with zero attached hydrogens (tertiary/aromatic N) is 3. The van der Waals surface area contributed by atoms with E-state index >= 15 is 0 Å². The largest absolute Gasteiger partial charge is 0.469 e. The van der Waals surface area contributed by atoms with Crippen molar-refractivity contribution in [1.82, 2.24) is 9.80 Å². The Morgan fingerprint density at radius 2 is 1.89 bits per heavy atom. The Morgan fingerprint density at radius 1 is 1.03 bits per heavy atom. The van der Waals surface area contributed by atoms with Gasteiger partial charge < -0.3 is 23.7 Å². The van der Waals surface area contributed by atoms with Crippen LogP contribution >= 0.6 is 0 Å². The van der Waals surface area contributed by atoms with Gasteiger partial charge in [-0.25, -0.2) is 0 Å². The smallest absolute Gasteiger partial charge is 0.262 e. The lowest BCUT2D eigenvalue weighted by molar-refractivity contribution is 0.0791. The first-order valence-corrected chi connectivity index (χ1v) is 13.2. The number of piperazine rings is 1. The quantitative estimate of drug-likeness (QED) is 0.569. The maximum absolute atomic E-state index is 13.7. The van der Waals surface area contributed by atoms with Crippen molar-refractivity contribution >= 4 is 11.6 Å². The van der Waals surface area contributed by atoms with Crippen LogP contribution in [0.4, 0.5) is 5.69 Å². The highest BCUT2D eigenvalue weighted by Crippen LogP contribution is 2.33. The summed E-state index contributed by atoms with van der Waals surface area (Å²) < 4.78 is 17.3. The molecule has 2 aromatic rings. The van der Waals surface area contributed by atoms with Crippen LogP contribution in [0.5, 0.6) is 0 Å². The molecule has 3 aliphatic heterocycles. The summed E-state index contributed by atoms with van der Waals surface area (Å²) >= 11 is 0. The summed E-state index contributed by atoms with van der Waals surface area (Å²) in [6.45, 7) is 6.19. The molecule has 37 heavy (non-hydrogen) atoms. The summed E-state index contributed by atoms with van der Waals surface area (Å²) in [5.41, 5.74) is 4.06. The Bertz CT molecular complexity index is 1280. The highest BCUT2D eigenvalue weighted by atomic mass is 16.6. The summed E-state index contributed by atoms with van der Waals surface area (Å²) in [5.74, 6) is 2.24. The molecule has 0 radical (unpaired) electrons. The Morgan fingerprint density at radius 3 is 2.62 bits per heavy atom. The summed E-state index contributed by atoms with van der Waals surface area (Å²) in [4.78, 5) is 20.4. The van der Waals surface area contributed by atoms with E-state index in [9.17, 15) is 4.79 Å². The van der Waals surface area contributed by atoms with Crippen LogP contribution in [-0.2, 0) is 15.9 Å². The van der Waals surface area contributed by atoms with Gasteiger partial charge in [-0.1, -0.05) is 36.4 Å². The van der Waals surface area contributed by atoms with Gasteiger partial charge >= 0.3 is 0 Å². The number of furan rings is 1. The number of hydrogen-bond acceptors (Lipinski definition) is 6. The van der Waals surface area contributed by atoms with Crippen LogP contribution in [0.1, 0.15) is 40.9 Å². The van der Waals surface area contributed by atoms with E-state index in [-0.39, 0.29) is 11.9 Å². The van der Waals surface area contributed by atoms with Crippen molar-refractivity contribution in [2.45, 2.75) is 38.6 Å². The predicted molar refractivity (Wildman–Crippen MR) is 142 cm³/mol. The lowest BCUT2D eigenvalue weighted by Gasteiger charge is -2.42. The van der Waals surface area contributed by atoms with Crippen molar-refractivity contribution in [3.05, 3.63) is 101 Å². The van der Waals surface area contributed by atoms with Gasteiger partial charge in [0.15, 0.2) is 12.0 Å². The fourth-order valence-corrected chi connectivity index (χ4v) is 5.63. The molecule has 1 saturated heterocycles. The lowest BCUT2D eigenvalue weighted by atomic mass is 9.94. The minimum Gasteiger partial charge on any atom is -0.469 e. The molecule has 7 heteroatoms. The molecule has 0 saturated carbocycles. The maximum Gasteiger partial charge on any atom is 0.262 e. The third-order valence-corrected chi connectivity index (χ3v) is 7.73. The number of anilines is 1. The lowest BCUT2D eigenvalue weighted by Crippen LogP contribution is -2.54. The molecule has 1 amide bonds. The molecule has 1 aliphatic carbocycles. The van der Waals surface area contributed by atoms with Gasteiger partial charge in [0.05, 0.1) is 17.9 Å². The molecular weight excluding hydrogens is 466 g/mol. The van der Waals surface area contributed by atoms with Gasteiger partial charge in [-0.3, -0.25) is 9.69 Å². The van der Waals surface area contributed by atoms with E-state index in [0.29, 0.717) is 11.3 Å². The summed E-state index contributed by atoms with van der Waals surface area (Å²) in [6, 6.07) is 10.2. The van der Waals surface area contributed by atoms with Crippen molar-refractivity contribution in [3.8, 4) is 0 Å². The first-order valence-electron chi connectivity index (χ1n) is 13.2. The van der Waals surface area contributed by atoms with Crippen molar-refractivity contribution in [2.75, 3.05) is 37.6 Å². The van der Waals surface area contributed by atoms with Crippen LogP contribution in [0.3, 0.4) is 0 Å². The van der Waals surface area contributed by atoms with Gasteiger partial charge in [0.2, 0.25) is 5.88 Å². The number of para-hydroxylation sites is 1. The maximum atomic E-state index is 13.7. The Labute approximate surface area is 217 Å². The zero-order valence-electron chi connectivity index (χ0n) is 21.3. The van der Waals surface area contributed by atoms with Gasteiger partial charge in [0.1, 0.15) is 12.0 Å². The third-order valence-electron chi connectivity index (χ3n) is 7.73. The standard InChI is InChI=1S/C30H33N3O4/c1-22-26(13-18-35-22)30(34)33-25(12-11-23-7-5-6-10-27(23)33)19-31-14-16-32(17-15-31)29-21-36-28(20-37-29)24-8-3-2-4-9-24/h2-3,5-8,10,13,18,20-21,25H,4,9,11-12,14-17,19H2,1H3. The fraction of sp³-hybridized carbons (Fsp3) is 0.367. The summed E-state index contributed by atoms with van der Waals surface area (Å²) in [6.07, 6.45) is 15.3. The number of hydrogen-bond donors (Lipinski definition) is 0. The van der Waals surface area contributed by atoms with Crippen LogP contribution in [0, 0.1) is 6.92 Å². The van der Waals surface area contributed by atoms with Gasteiger partial charge in [-0.05, 0) is 55.9 Å². The molecule has 1 aromatic heterocycles. The highest BCUT2D eigenvalue weighted by molar-refractivity contribution is 6.07. The predicted octanol–water partition coefficient (Wildman–Crippen LogP) is 5.13. The number of ether oxygens (including phenoxy) is 2. The zero-order chi connectivity index (χ0) is 25.2. The molecular formula is C30H33N3O4. The normalized spacial score (nSPS) is 21.9. The molecule has 4 aliphatic rings. The van der Waals surface area contributed by atoms with Crippen LogP contribution in [0.15, 0.2) is 89.0 Å². The number of rotatable bonds is 5. The number of benzene rings is 1. The molecule has 4 heterocycles. The van der Waals surface area contributed by atoms with Crippen LogP contribution in [0.2, 0.25) is 0 Å². The second kappa shape index (κ2) is 10.3. The monoisotopic (exact) mass is 499 g/mol. The first kappa shape index (κ1) is 23.7. The number of carbonyl (C=O) groups excluding carboxylic acids is 1. The number of aryl methyl sites for hydroxylation is 2. The SMILES string of the molecule is Cc1occc1C(=O)N1c2ccccc2CCC1CN1CCN(C2=COC(C3=CC=CCC3)=CO2)CC1. The molecule has 1 unspecified atom stereocenters. The molecule has 7 nitrogen and oxygen atoms in total. The van der Waals surface area contributed by atoms with Crippen LogP contribution < -0.4 is 4.90 Å². The van der Waals surface area contributed by atoms with E-state index in [1.165, 1.54) is 11.1 Å². The third kappa shape index (κ3) is 4.83. The molecule has 192 valence electrons. The molecule has 0 spiro atoms. The number of amides is 1. The number of allylic oxidation sites excluding steroid dienone is 4. The Balaban J connectivity index is 1.10. The number of fused-ring (bicyclic) bond motifs is 1. The summed E-state index contributed by atoms with van der Waals surface area (Å²) in [7, 11) is 0. The van der Waals surface area contributed by atoms with E-state index in [2.05, 4.69) is 46.2 Å². The average molecular weight is 500 g/mol. The van der Waals surface area contributed by atoms with E-state index in [1.807, 2.05) is 17.9 Å².